The minimum atomic E-state index is 0. The van der Waals surface area contributed by atoms with Crippen molar-refractivity contribution in [2.75, 3.05) is 19.0 Å². The van der Waals surface area contributed by atoms with Crippen LogP contribution in [0.25, 0.3) is 0 Å². The summed E-state index contributed by atoms with van der Waals surface area (Å²) in [6.07, 6.45) is 0.879. The minimum Gasteiger partial charge on any atom is -0.493 e. The predicted octanol–water partition coefficient (Wildman–Crippen LogP) is 3.42. The molecule has 1 heterocycles. The SMILES string of the molecule is CCC(COc1ccccc1OC)Nc1nc(C)nc([C-](C)C)n1.[Y+3]. The minimum absolute atomic E-state index is 0. The van der Waals surface area contributed by atoms with E-state index in [0.29, 0.717) is 24.2 Å². The summed E-state index contributed by atoms with van der Waals surface area (Å²) in [7, 11) is 1.64. The van der Waals surface area contributed by atoms with E-state index in [2.05, 4.69) is 27.2 Å². The number of aryl methyl sites for hydroxylation is 1. The second-order valence-corrected chi connectivity index (χ2v) is 5.74. The summed E-state index contributed by atoms with van der Waals surface area (Å²) < 4.78 is 11.2. The fraction of sp³-hybridized carbons (Fsp3) is 0.444. The van der Waals surface area contributed by atoms with Gasteiger partial charge < -0.3 is 20.7 Å². The molecule has 130 valence electrons. The Balaban J connectivity index is 0.00000312. The molecule has 0 fully saturated rings. The summed E-state index contributed by atoms with van der Waals surface area (Å²) in [5, 5.41) is 3.33. The van der Waals surface area contributed by atoms with Gasteiger partial charge in [0.15, 0.2) is 11.5 Å². The molecule has 2 aromatic rings. The number of anilines is 1. The van der Waals surface area contributed by atoms with E-state index in [-0.39, 0.29) is 38.8 Å². The fourth-order valence-corrected chi connectivity index (χ4v) is 2.14. The molecule has 0 saturated heterocycles. The molecule has 7 heteroatoms. The number of benzene rings is 1. The third-order valence-corrected chi connectivity index (χ3v) is 3.53. The van der Waals surface area contributed by atoms with Crippen LogP contribution in [0.15, 0.2) is 24.3 Å². The second-order valence-electron chi connectivity index (χ2n) is 5.74. The van der Waals surface area contributed by atoms with E-state index in [1.165, 1.54) is 0 Å². The Labute approximate surface area is 175 Å². The molecule has 2 rings (SSSR count). The maximum absolute atomic E-state index is 5.90. The van der Waals surface area contributed by atoms with Gasteiger partial charge in [-0.05, 0) is 25.5 Å². The summed E-state index contributed by atoms with van der Waals surface area (Å²) in [5.41, 5.74) is 0. The second kappa shape index (κ2) is 10.6. The number of methoxy groups -OCH3 is 1. The Morgan fingerprint density at radius 3 is 2.40 bits per heavy atom. The van der Waals surface area contributed by atoms with Crippen molar-refractivity contribution < 1.29 is 42.2 Å². The van der Waals surface area contributed by atoms with Crippen LogP contribution in [0, 0.1) is 12.8 Å². The van der Waals surface area contributed by atoms with Crippen LogP contribution in [0.2, 0.25) is 0 Å². The van der Waals surface area contributed by atoms with Gasteiger partial charge in [0.2, 0.25) is 5.95 Å². The summed E-state index contributed by atoms with van der Waals surface area (Å²) >= 11 is 0. The molecule has 1 aromatic heterocycles. The molecule has 25 heavy (non-hydrogen) atoms. The van der Waals surface area contributed by atoms with E-state index >= 15 is 0 Å². The van der Waals surface area contributed by atoms with Crippen LogP contribution in [-0.2, 0) is 32.7 Å². The van der Waals surface area contributed by atoms with Gasteiger partial charge in [0, 0.05) is 5.82 Å². The maximum atomic E-state index is 5.90. The van der Waals surface area contributed by atoms with Gasteiger partial charge in [0.1, 0.15) is 12.4 Å². The van der Waals surface area contributed by atoms with Gasteiger partial charge in [-0.1, -0.05) is 19.1 Å². The Morgan fingerprint density at radius 2 is 1.80 bits per heavy atom. The van der Waals surface area contributed by atoms with Gasteiger partial charge in [-0.2, -0.15) is 18.8 Å². The van der Waals surface area contributed by atoms with E-state index in [4.69, 9.17) is 9.47 Å². The Bertz CT molecular complexity index is 667. The smallest absolute Gasteiger partial charge is 0.493 e. The Kier molecular flexibility index (Phi) is 9.15. The zero-order chi connectivity index (χ0) is 17.5. The number of ether oxygens (including phenoxy) is 2. The molecule has 1 unspecified atom stereocenters. The van der Waals surface area contributed by atoms with E-state index in [9.17, 15) is 0 Å². The van der Waals surface area contributed by atoms with Crippen LogP contribution in [0.1, 0.15) is 38.8 Å². The van der Waals surface area contributed by atoms with Gasteiger partial charge in [-0.15, -0.1) is 0 Å². The van der Waals surface area contributed by atoms with Gasteiger partial charge in [-0.3, -0.25) is 4.98 Å². The summed E-state index contributed by atoms with van der Waals surface area (Å²) in [6, 6.07) is 7.70. The molecular formula is C18H25N4O2Y+2. The molecule has 0 aliphatic heterocycles. The molecular weight excluding hydrogens is 393 g/mol. The topological polar surface area (TPSA) is 69.2 Å². The van der Waals surface area contributed by atoms with Crippen molar-refractivity contribution in [2.45, 2.75) is 40.2 Å². The van der Waals surface area contributed by atoms with Crippen molar-refractivity contribution in [3.63, 3.8) is 0 Å². The largest absolute Gasteiger partial charge is 3.00 e. The van der Waals surface area contributed by atoms with Crippen LogP contribution in [0.5, 0.6) is 11.5 Å². The maximum Gasteiger partial charge on any atom is 3.00 e. The molecule has 0 aliphatic carbocycles. The zero-order valence-electron chi connectivity index (χ0n) is 15.5. The van der Waals surface area contributed by atoms with Crippen molar-refractivity contribution >= 4 is 5.95 Å². The number of nitrogens with one attached hydrogen (secondary N) is 1. The molecule has 1 atom stereocenters. The number of nitrogens with zero attached hydrogens (tertiary/aromatic N) is 3. The van der Waals surface area contributed by atoms with E-state index in [1.54, 1.807) is 7.11 Å². The fourth-order valence-electron chi connectivity index (χ4n) is 2.14. The first-order chi connectivity index (χ1) is 11.5. The van der Waals surface area contributed by atoms with Crippen molar-refractivity contribution in [1.82, 2.24) is 15.0 Å². The van der Waals surface area contributed by atoms with Crippen molar-refractivity contribution in [3.8, 4) is 11.5 Å². The number of aromatic nitrogens is 3. The average molecular weight is 418 g/mol. The number of para-hydroxylation sites is 2. The first kappa shape index (κ1) is 21.6. The van der Waals surface area contributed by atoms with Crippen LogP contribution in [0.3, 0.4) is 0 Å². The van der Waals surface area contributed by atoms with Crippen molar-refractivity contribution in [1.29, 1.82) is 0 Å². The molecule has 6 nitrogen and oxygen atoms in total. The molecule has 0 saturated carbocycles. The monoisotopic (exact) mass is 418 g/mol. The third-order valence-electron chi connectivity index (χ3n) is 3.53. The van der Waals surface area contributed by atoms with Crippen LogP contribution in [-0.4, -0.2) is 34.7 Å². The molecule has 0 aliphatic rings. The van der Waals surface area contributed by atoms with Gasteiger partial charge in [0.25, 0.3) is 0 Å². The summed E-state index contributed by atoms with van der Waals surface area (Å²) in [6.45, 7) is 8.42. The van der Waals surface area contributed by atoms with E-state index in [1.807, 2.05) is 45.0 Å². The number of hydrogen-bond acceptors (Lipinski definition) is 6. The Morgan fingerprint density at radius 1 is 1.12 bits per heavy atom. The first-order valence-electron chi connectivity index (χ1n) is 8.09. The molecule has 0 radical (unpaired) electrons. The Hall–Kier alpha value is -1.40. The van der Waals surface area contributed by atoms with Gasteiger partial charge >= 0.3 is 32.7 Å². The van der Waals surface area contributed by atoms with Crippen molar-refractivity contribution in [2.24, 2.45) is 0 Å². The third kappa shape index (κ3) is 6.44. The summed E-state index contributed by atoms with van der Waals surface area (Å²) in [4.78, 5) is 13.2. The van der Waals surface area contributed by atoms with Crippen LogP contribution < -0.4 is 14.8 Å². The van der Waals surface area contributed by atoms with Crippen LogP contribution in [0.4, 0.5) is 5.95 Å². The standard InChI is InChI=1S/C18H25N4O2.Y/c1-6-14(11-24-16-10-8-7-9-15(16)23-5)21-18-20-13(4)19-17(22-18)12(2)3;/h7-10,14H,6,11H2,1-5H3,(H,19,20,21,22);/q-1;+3. The summed E-state index contributed by atoms with van der Waals surface area (Å²) in [5.74, 6) is 4.50. The zero-order valence-corrected chi connectivity index (χ0v) is 18.4. The molecule has 0 amide bonds. The molecule has 1 N–H and O–H groups in total. The predicted molar refractivity (Wildman–Crippen MR) is 94.4 cm³/mol. The number of rotatable bonds is 8. The quantitative estimate of drug-likeness (QED) is 0.663. The normalized spacial score (nSPS) is 11.2. The average Bonchev–Trinajstić information content (AvgIpc) is 2.58. The molecule has 1 aromatic carbocycles. The van der Waals surface area contributed by atoms with Crippen molar-refractivity contribution in [3.05, 3.63) is 41.8 Å². The van der Waals surface area contributed by atoms with Crippen LogP contribution >= 0.6 is 0 Å². The first-order valence-corrected chi connectivity index (χ1v) is 8.09. The van der Waals surface area contributed by atoms with Gasteiger partial charge in [0.05, 0.1) is 13.2 Å². The van der Waals surface area contributed by atoms with Gasteiger partial charge in [-0.25, -0.2) is 4.98 Å². The number of hydrogen-bond donors (Lipinski definition) is 1. The molecule has 0 spiro atoms. The van der Waals surface area contributed by atoms with E-state index < -0.39 is 0 Å². The van der Waals surface area contributed by atoms with E-state index in [0.717, 1.165) is 23.8 Å². The molecule has 0 bridgehead atoms.